The fourth-order valence-corrected chi connectivity index (χ4v) is 3.29. The van der Waals surface area contributed by atoms with E-state index >= 15 is 0 Å². The van der Waals surface area contributed by atoms with Gasteiger partial charge in [-0.1, -0.05) is 29.4 Å². The van der Waals surface area contributed by atoms with Crippen LogP contribution >= 0.6 is 39.3 Å². The summed E-state index contributed by atoms with van der Waals surface area (Å²) < 4.78 is 8.59. The van der Waals surface area contributed by atoms with Gasteiger partial charge < -0.3 is 9.30 Å². The first-order valence-corrected chi connectivity index (χ1v) is 8.49. The van der Waals surface area contributed by atoms with Crippen molar-refractivity contribution in [2.75, 3.05) is 12.4 Å². The molecule has 0 atom stereocenters. The van der Waals surface area contributed by atoms with Gasteiger partial charge in [-0.05, 0) is 41.1 Å². The van der Waals surface area contributed by atoms with Crippen molar-refractivity contribution >= 4 is 39.3 Å². The third-order valence-corrected chi connectivity index (χ3v) is 4.47. The average Bonchev–Trinajstić information content (AvgIpc) is 2.79. The minimum atomic E-state index is 0.574. The van der Waals surface area contributed by atoms with Crippen molar-refractivity contribution < 1.29 is 4.74 Å². The minimum absolute atomic E-state index is 0.574. The van der Waals surface area contributed by atoms with Crippen molar-refractivity contribution in [3.05, 3.63) is 46.2 Å². The van der Waals surface area contributed by atoms with Gasteiger partial charge >= 0.3 is 0 Å². The number of thioether (sulfide) groups is 1. The average molecular weight is 389 g/mol. The predicted octanol–water partition coefficient (Wildman–Crippen LogP) is 4.36. The lowest BCUT2D eigenvalue weighted by atomic mass is 10.3. The fourth-order valence-electron chi connectivity index (χ4n) is 1.68. The number of ether oxygens (including phenoxy) is 1. The van der Waals surface area contributed by atoms with E-state index in [1.807, 2.05) is 29.7 Å². The smallest absolute Gasteiger partial charge is 0.191 e. The zero-order valence-electron chi connectivity index (χ0n) is 11.6. The number of hydrogen-bond donors (Lipinski definition) is 0. The quantitative estimate of drug-likeness (QED) is 0.401. The van der Waals surface area contributed by atoms with Crippen molar-refractivity contribution in [1.82, 2.24) is 14.8 Å². The molecule has 0 spiro atoms. The van der Waals surface area contributed by atoms with E-state index in [0.717, 1.165) is 27.0 Å². The van der Waals surface area contributed by atoms with E-state index in [9.17, 15) is 0 Å². The number of halogens is 2. The molecule has 0 amide bonds. The van der Waals surface area contributed by atoms with Crippen LogP contribution in [-0.2, 0) is 6.54 Å². The van der Waals surface area contributed by atoms with Gasteiger partial charge in [0.05, 0.1) is 11.1 Å². The number of nitrogens with zero attached hydrogens (tertiary/aromatic N) is 3. The summed E-state index contributed by atoms with van der Waals surface area (Å²) in [6.45, 7) is 6.96. The highest BCUT2D eigenvalue weighted by Crippen LogP contribution is 2.28. The largest absolute Gasteiger partial charge is 0.492 e. The molecule has 0 N–H and O–H groups in total. The molecule has 21 heavy (non-hydrogen) atoms. The molecule has 112 valence electrons. The van der Waals surface area contributed by atoms with Gasteiger partial charge in [-0.3, -0.25) is 0 Å². The van der Waals surface area contributed by atoms with Crippen molar-refractivity contribution in [1.29, 1.82) is 0 Å². The Balaban J connectivity index is 1.86. The third-order valence-electron chi connectivity index (χ3n) is 2.68. The Morgan fingerprint density at radius 2 is 2.29 bits per heavy atom. The van der Waals surface area contributed by atoms with Crippen LogP contribution in [0.25, 0.3) is 0 Å². The number of aryl methyl sites for hydroxylation is 1. The summed E-state index contributed by atoms with van der Waals surface area (Å²) in [5, 5.41) is 9.79. The minimum Gasteiger partial charge on any atom is -0.492 e. The van der Waals surface area contributed by atoms with E-state index in [1.54, 1.807) is 17.8 Å². The van der Waals surface area contributed by atoms with E-state index in [4.69, 9.17) is 16.3 Å². The summed E-state index contributed by atoms with van der Waals surface area (Å²) in [5.41, 5.74) is 0. The van der Waals surface area contributed by atoms with Crippen molar-refractivity contribution in [3.8, 4) is 5.75 Å². The summed E-state index contributed by atoms with van der Waals surface area (Å²) >= 11 is 10.9. The summed E-state index contributed by atoms with van der Waals surface area (Å²) in [5.74, 6) is 2.45. The number of allylic oxidation sites excluding steroid dienone is 1. The highest BCUT2D eigenvalue weighted by molar-refractivity contribution is 9.10. The predicted molar refractivity (Wildman–Crippen MR) is 90.3 cm³/mol. The van der Waals surface area contributed by atoms with Crippen LogP contribution in [0.2, 0.25) is 5.02 Å². The second-order valence-electron chi connectivity index (χ2n) is 4.20. The first kappa shape index (κ1) is 16.4. The Hall–Kier alpha value is -0.980. The maximum absolute atomic E-state index is 5.89. The van der Waals surface area contributed by atoms with Crippen molar-refractivity contribution in [3.63, 3.8) is 0 Å². The molecule has 0 bridgehead atoms. The second-order valence-corrected chi connectivity index (χ2v) is 6.55. The Morgan fingerprint density at radius 1 is 1.48 bits per heavy atom. The number of benzene rings is 1. The molecule has 1 aromatic heterocycles. The Kier molecular flexibility index (Phi) is 6.14. The van der Waals surface area contributed by atoms with Crippen molar-refractivity contribution in [2.24, 2.45) is 0 Å². The van der Waals surface area contributed by atoms with Crippen LogP contribution in [0, 0.1) is 6.92 Å². The van der Waals surface area contributed by atoms with Crippen LogP contribution < -0.4 is 4.74 Å². The van der Waals surface area contributed by atoms with Gasteiger partial charge in [0, 0.05) is 17.3 Å². The number of hydrogen-bond acceptors (Lipinski definition) is 4. The Morgan fingerprint density at radius 3 is 3.00 bits per heavy atom. The zero-order chi connectivity index (χ0) is 15.2. The topological polar surface area (TPSA) is 39.9 Å². The molecule has 2 rings (SSSR count). The van der Waals surface area contributed by atoms with Crippen molar-refractivity contribution in [2.45, 2.75) is 18.6 Å². The number of rotatable bonds is 7. The molecule has 4 nitrogen and oxygen atoms in total. The summed E-state index contributed by atoms with van der Waals surface area (Å²) in [6, 6.07) is 5.47. The Labute approximate surface area is 141 Å². The molecule has 0 saturated carbocycles. The molecule has 1 heterocycles. The van der Waals surface area contributed by atoms with Crippen LogP contribution in [0.1, 0.15) is 5.82 Å². The van der Waals surface area contributed by atoms with E-state index in [0.29, 0.717) is 18.2 Å². The second kappa shape index (κ2) is 7.87. The zero-order valence-corrected chi connectivity index (χ0v) is 14.7. The van der Waals surface area contributed by atoms with Gasteiger partial charge in [-0.15, -0.1) is 16.8 Å². The molecule has 1 aromatic carbocycles. The van der Waals surface area contributed by atoms with E-state index < -0.39 is 0 Å². The highest BCUT2D eigenvalue weighted by atomic mass is 79.9. The lowest BCUT2D eigenvalue weighted by Crippen LogP contribution is -2.04. The van der Waals surface area contributed by atoms with E-state index in [-0.39, 0.29) is 0 Å². The van der Waals surface area contributed by atoms with Gasteiger partial charge in [-0.25, -0.2) is 0 Å². The van der Waals surface area contributed by atoms with Crippen LogP contribution in [0.4, 0.5) is 0 Å². The SMILES string of the molecule is C=CCn1c(C)nnc1SCCOc1ccc(Cl)cc1Br. The normalized spacial score (nSPS) is 10.6. The third kappa shape index (κ3) is 4.49. The van der Waals surface area contributed by atoms with Crippen LogP contribution in [-0.4, -0.2) is 27.1 Å². The van der Waals surface area contributed by atoms with Gasteiger partial charge in [0.15, 0.2) is 5.16 Å². The van der Waals surface area contributed by atoms with Crippen LogP contribution in [0.3, 0.4) is 0 Å². The lowest BCUT2D eigenvalue weighted by Gasteiger charge is -2.08. The van der Waals surface area contributed by atoms with Gasteiger partial charge in [0.25, 0.3) is 0 Å². The molecule has 0 aliphatic rings. The number of aromatic nitrogens is 3. The first-order chi connectivity index (χ1) is 10.1. The lowest BCUT2D eigenvalue weighted by molar-refractivity contribution is 0.341. The standard InChI is InChI=1S/C14H15BrClN3OS/c1-3-6-19-10(2)17-18-14(19)21-8-7-20-13-5-4-11(16)9-12(13)15/h3-5,9H,1,6-8H2,2H3. The molecule has 0 unspecified atom stereocenters. The highest BCUT2D eigenvalue weighted by Gasteiger charge is 2.08. The summed E-state index contributed by atoms with van der Waals surface area (Å²) in [7, 11) is 0. The van der Waals surface area contributed by atoms with E-state index in [2.05, 4.69) is 32.7 Å². The van der Waals surface area contributed by atoms with Crippen LogP contribution in [0.15, 0.2) is 40.5 Å². The van der Waals surface area contributed by atoms with Gasteiger partial charge in [0.2, 0.25) is 0 Å². The molecule has 0 radical (unpaired) electrons. The molecule has 7 heteroatoms. The summed E-state index contributed by atoms with van der Waals surface area (Å²) in [4.78, 5) is 0. The van der Waals surface area contributed by atoms with Gasteiger partial charge in [-0.2, -0.15) is 0 Å². The van der Waals surface area contributed by atoms with Gasteiger partial charge in [0.1, 0.15) is 11.6 Å². The molecule has 0 aliphatic carbocycles. The monoisotopic (exact) mass is 387 g/mol. The van der Waals surface area contributed by atoms with Crippen LogP contribution in [0.5, 0.6) is 5.75 Å². The molecular formula is C14H15BrClN3OS. The molecule has 0 saturated heterocycles. The molecular weight excluding hydrogens is 374 g/mol. The maximum Gasteiger partial charge on any atom is 0.191 e. The first-order valence-electron chi connectivity index (χ1n) is 6.33. The molecule has 2 aromatic rings. The maximum atomic E-state index is 5.89. The fraction of sp³-hybridized carbons (Fsp3) is 0.286. The summed E-state index contributed by atoms with van der Waals surface area (Å²) in [6.07, 6.45) is 1.84. The molecule has 0 fully saturated rings. The Bertz CT molecular complexity index is 633. The molecule has 0 aliphatic heterocycles. The van der Waals surface area contributed by atoms with E-state index in [1.165, 1.54) is 0 Å².